The summed E-state index contributed by atoms with van der Waals surface area (Å²) >= 11 is 0. The van der Waals surface area contributed by atoms with E-state index in [1.807, 2.05) is 31.2 Å². The van der Waals surface area contributed by atoms with Gasteiger partial charge in [-0.15, -0.1) is 0 Å². The zero-order valence-corrected chi connectivity index (χ0v) is 10.9. The molecule has 1 atom stereocenters. The zero-order chi connectivity index (χ0) is 13.7. The van der Waals surface area contributed by atoms with Crippen LogP contribution in [0.3, 0.4) is 0 Å². The molecule has 0 aromatic heterocycles. The van der Waals surface area contributed by atoms with Crippen molar-refractivity contribution in [1.29, 1.82) is 0 Å². The lowest BCUT2D eigenvalue weighted by Crippen LogP contribution is -2.38. The van der Waals surface area contributed by atoms with Gasteiger partial charge in [-0.05, 0) is 25.0 Å². The van der Waals surface area contributed by atoms with E-state index in [4.69, 9.17) is 10.9 Å². The first-order valence-corrected chi connectivity index (χ1v) is 5.74. The maximum absolute atomic E-state index is 12.0. The van der Waals surface area contributed by atoms with Gasteiger partial charge in [-0.1, -0.05) is 29.4 Å². The third-order valence-corrected chi connectivity index (χ3v) is 2.97. The number of nitrogens with two attached hydrogens (primary N) is 1. The van der Waals surface area contributed by atoms with E-state index in [1.54, 1.807) is 18.9 Å². The van der Waals surface area contributed by atoms with Crippen LogP contribution in [0.4, 0.5) is 0 Å². The second-order valence-electron chi connectivity index (χ2n) is 4.37. The lowest BCUT2D eigenvalue weighted by molar-refractivity contribution is -0.132. The summed E-state index contributed by atoms with van der Waals surface area (Å²) in [5.74, 6) is -0.866. The topological polar surface area (TPSA) is 78.9 Å². The predicted octanol–water partition coefficient (Wildman–Crippen LogP) is 1.34. The molecule has 0 fully saturated rings. The van der Waals surface area contributed by atoms with Crippen molar-refractivity contribution in [1.82, 2.24) is 4.90 Å². The number of amidine groups is 1. The number of amides is 1. The fourth-order valence-electron chi connectivity index (χ4n) is 1.66. The lowest BCUT2D eigenvalue weighted by Gasteiger charge is -2.21. The van der Waals surface area contributed by atoms with Gasteiger partial charge in [0.05, 0.1) is 5.92 Å². The fraction of sp³-hybridized carbons (Fsp3) is 0.385. The first-order chi connectivity index (χ1) is 8.47. The van der Waals surface area contributed by atoms with Gasteiger partial charge < -0.3 is 15.8 Å². The SMILES string of the molecule is Cc1ccccc1CN(C)C(=O)C(C)C(N)=NO. The van der Waals surface area contributed by atoms with Crippen LogP contribution in [0.2, 0.25) is 0 Å². The largest absolute Gasteiger partial charge is 0.409 e. The Kier molecular flexibility index (Phi) is 4.71. The summed E-state index contributed by atoms with van der Waals surface area (Å²) < 4.78 is 0. The highest BCUT2D eigenvalue weighted by Gasteiger charge is 2.21. The van der Waals surface area contributed by atoms with Crippen LogP contribution >= 0.6 is 0 Å². The van der Waals surface area contributed by atoms with Gasteiger partial charge in [-0.2, -0.15) is 0 Å². The van der Waals surface area contributed by atoms with E-state index in [1.165, 1.54) is 0 Å². The fourth-order valence-corrected chi connectivity index (χ4v) is 1.66. The molecule has 0 spiro atoms. The molecular formula is C13H19N3O2. The average molecular weight is 249 g/mol. The van der Waals surface area contributed by atoms with Crippen LogP contribution in [-0.4, -0.2) is 28.9 Å². The summed E-state index contributed by atoms with van der Waals surface area (Å²) in [5, 5.41) is 11.4. The average Bonchev–Trinajstić information content (AvgIpc) is 2.38. The molecule has 98 valence electrons. The molecule has 1 aromatic rings. The van der Waals surface area contributed by atoms with Crippen molar-refractivity contribution < 1.29 is 10.0 Å². The van der Waals surface area contributed by atoms with Crippen LogP contribution in [0.25, 0.3) is 0 Å². The van der Waals surface area contributed by atoms with Crippen molar-refractivity contribution in [2.45, 2.75) is 20.4 Å². The minimum Gasteiger partial charge on any atom is -0.409 e. The van der Waals surface area contributed by atoms with Crippen LogP contribution in [-0.2, 0) is 11.3 Å². The molecule has 0 heterocycles. The van der Waals surface area contributed by atoms with E-state index < -0.39 is 5.92 Å². The number of oxime groups is 1. The number of rotatable bonds is 4. The highest BCUT2D eigenvalue weighted by Crippen LogP contribution is 2.11. The smallest absolute Gasteiger partial charge is 0.233 e. The van der Waals surface area contributed by atoms with E-state index >= 15 is 0 Å². The number of hydrogen-bond acceptors (Lipinski definition) is 3. The Bertz CT molecular complexity index is 457. The van der Waals surface area contributed by atoms with Gasteiger partial charge in [0.1, 0.15) is 0 Å². The van der Waals surface area contributed by atoms with Crippen molar-refractivity contribution in [2.75, 3.05) is 7.05 Å². The van der Waals surface area contributed by atoms with Crippen LogP contribution < -0.4 is 5.73 Å². The molecule has 0 radical (unpaired) electrons. The Morgan fingerprint density at radius 3 is 2.67 bits per heavy atom. The summed E-state index contributed by atoms with van der Waals surface area (Å²) in [6.07, 6.45) is 0. The van der Waals surface area contributed by atoms with E-state index in [2.05, 4.69) is 5.16 Å². The Morgan fingerprint density at radius 1 is 1.50 bits per heavy atom. The van der Waals surface area contributed by atoms with Crippen LogP contribution in [0.15, 0.2) is 29.4 Å². The predicted molar refractivity (Wildman–Crippen MR) is 70.2 cm³/mol. The van der Waals surface area contributed by atoms with E-state index in [0.29, 0.717) is 6.54 Å². The van der Waals surface area contributed by atoms with Gasteiger partial charge in [0.25, 0.3) is 0 Å². The molecule has 1 rings (SSSR count). The molecule has 0 aliphatic heterocycles. The van der Waals surface area contributed by atoms with Crippen molar-refractivity contribution in [2.24, 2.45) is 16.8 Å². The third kappa shape index (κ3) is 3.23. The Hall–Kier alpha value is -2.04. The molecule has 0 bridgehead atoms. The molecule has 5 nitrogen and oxygen atoms in total. The molecule has 1 unspecified atom stereocenters. The number of carbonyl (C=O) groups is 1. The summed E-state index contributed by atoms with van der Waals surface area (Å²) in [6, 6.07) is 7.88. The van der Waals surface area contributed by atoms with Crippen molar-refractivity contribution in [3.05, 3.63) is 35.4 Å². The van der Waals surface area contributed by atoms with Crippen LogP contribution in [0.5, 0.6) is 0 Å². The second kappa shape index (κ2) is 6.05. The van der Waals surface area contributed by atoms with Gasteiger partial charge in [0, 0.05) is 13.6 Å². The summed E-state index contributed by atoms with van der Waals surface area (Å²) in [4.78, 5) is 13.6. The molecule has 1 aromatic carbocycles. The number of carbonyl (C=O) groups excluding carboxylic acids is 1. The minimum atomic E-state index is -0.621. The summed E-state index contributed by atoms with van der Waals surface area (Å²) in [5.41, 5.74) is 7.65. The van der Waals surface area contributed by atoms with Gasteiger partial charge in [-0.3, -0.25) is 4.79 Å². The monoisotopic (exact) mass is 249 g/mol. The zero-order valence-electron chi connectivity index (χ0n) is 10.9. The van der Waals surface area contributed by atoms with E-state index in [0.717, 1.165) is 11.1 Å². The Labute approximate surface area is 107 Å². The third-order valence-electron chi connectivity index (χ3n) is 2.97. The lowest BCUT2D eigenvalue weighted by atomic mass is 10.1. The quantitative estimate of drug-likeness (QED) is 0.366. The number of benzene rings is 1. The second-order valence-corrected chi connectivity index (χ2v) is 4.37. The first kappa shape index (κ1) is 14.0. The van der Waals surface area contributed by atoms with Crippen LogP contribution in [0, 0.1) is 12.8 Å². The molecule has 1 amide bonds. The summed E-state index contributed by atoms with van der Waals surface area (Å²) in [6.45, 7) is 4.13. The molecule has 0 saturated heterocycles. The van der Waals surface area contributed by atoms with Crippen LogP contribution in [0.1, 0.15) is 18.1 Å². The van der Waals surface area contributed by atoms with E-state index in [9.17, 15) is 4.79 Å². The molecular weight excluding hydrogens is 230 g/mol. The Morgan fingerprint density at radius 2 is 2.11 bits per heavy atom. The van der Waals surface area contributed by atoms with Gasteiger partial charge >= 0.3 is 0 Å². The molecule has 0 saturated carbocycles. The maximum atomic E-state index is 12.0. The molecule has 0 aliphatic rings. The Balaban J connectivity index is 2.75. The summed E-state index contributed by atoms with van der Waals surface area (Å²) in [7, 11) is 1.70. The molecule has 3 N–H and O–H groups in total. The van der Waals surface area contributed by atoms with Crippen molar-refractivity contribution in [3.63, 3.8) is 0 Å². The molecule has 0 aliphatic carbocycles. The minimum absolute atomic E-state index is 0.0726. The highest BCUT2D eigenvalue weighted by atomic mass is 16.4. The maximum Gasteiger partial charge on any atom is 0.233 e. The van der Waals surface area contributed by atoms with Crippen molar-refractivity contribution in [3.8, 4) is 0 Å². The standard InChI is InChI=1S/C13H19N3O2/c1-9-6-4-5-7-11(9)8-16(3)13(17)10(2)12(14)15-18/h4-7,10,18H,8H2,1-3H3,(H2,14,15). The first-order valence-electron chi connectivity index (χ1n) is 5.74. The van der Waals surface area contributed by atoms with Gasteiger partial charge in [0.2, 0.25) is 5.91 Å². The van der Waals surface area contributed by atoms with Crippen molar-refractivity contribution >= 4 is 11.7 Å². The highest BCUT2D eigenvalue weighted by molar-refractivity contribution is 6.01. The number of nitrogens with zero attached hydrogens (tertiary/aromatic N) is 2. The molecule has 5 heteroatoms. The van der Waals surface area contributed by atoms with E-state index in [-0.39, 0.29) is 11.7 Å². The normalized spacial score (nSPS) is 13.2. The molecule has 18 heavy (non-hydrogen) atoms. The van der Waals surface area contributed by atoms with Gasteiger partial charge in [0.15, 0.2) is 5.84 Å². The number of hydrogen-bond donors (Lipinski definition) is 2. The van der Waals surface area contributed by atoms with Gasteiger partial charge in [-0.25, -0.2) is 0 Å². The number of aryl methyl sites for hydroxylation is 1.